The molecular formula is C12H12ClN5O2. The van der Waals surface area contributed by atoms with Gasteiger partial charge in [0.15, 0.2) is 0 Å². The fourth-order valence-electron chi connectivity index (χ4n) is 1.51. The van der Waals surface area contributed by atoms with Crippen molar-refractivity contribution in [3.63, 3.8) is 0 Å². The molecule has 0 spiro atoms. The zero-order chi connectivity index (χ0) is 14.5. The van der Waals surface area contributed by atoms with Gasteiger partial charge in [0.1, 0.15) is 5.75 Å². The summed E-state index contributed by atoms with van der Waals surface area (Å²) >= 11 is 5.87. The maximum Gasteiger partial charge on any atom is 0.270 e. The number of aromatic nitrogens is 4. The lowest BCUT2D eigenvalue weighted by Gasteiger charge is -2.07. The summed E-state index contributed by atoms with van der Waals surface area (Å²) < 4.78 is 5.11. The molecule has 1 amide bonds. The minimum Gasteiger partial charge on any atom is -0.496 e. The van der Waals surface area contributed by atoms with Crippen LogP contribution < -0.4 is 10.1 Å². The van der Waals surface area contributed by atoms with E-state index in [1.54, 1.807) is 18.2 Å². The van der Waals surface area contributed by atoms with Crippen LogP contribution in [-0.4, -0.2) is 33.2 Å². The largest absolute Gasteiger partial charge is 0.496 e. The molecule has 0 fully saturated rings. The Kier molecular flexibility index (Phi) is 4.31. The molecule has 1 heterocycles. The molecule has 1 aromatic heterocycles. The number of benzene rings is 1. The van der Waals surface area contributed by atoms with Gasteiger partial charge in [-0.3, -0.25) is 10.1 Å². The number of nitrogens with one attached hydrogen (secondary N) is 1. The highest BCUT2D eigenvalue weighted by molar-refractivity contribution is 6.31. The fourth-order valence-corrected chi connectivity index (χ4v) is 1.68. The van der Waals surface area contributed by atoms with Crippen molar-refractivity contribution in [3.05, 3.63) is 41.4 Å². The molecule has 0 aliphatic heterocycles. The number of carbonyl (C=O) groups excluding carboxylic acids is 1. The third kappa shape index (κ3) is 3.12. The van der Waals surface area contributed by atoms with Gasteiger partial charge in [-0.05, 0) is 23.4 Å². The highest BCUT2D eigenvalue weighted by Gasteiger charge is 2.15. The molecule has 0 unspecified atom stereocenters. The summed E-state index contributed by atoms with van der Waals surface area (Å²) in [7, 11) is 1.47. The Hall–Kier alpha value is -2.41. The van der Waals surface area contributed by atoms with Gasteiger partial charge >= 0.3 is 0 Å². The summed E-state index contributed by atoms with van der Waals surface area (Å²) in [5, 5.41) is 14.4. The van der Waals surface area contributed by atoms with Crippen LogP contribution in [0, 0.1) is 0 Å². The van der Waals surface area contributed by atoms with Crippen LogP contribution in [-0.2, 0) is 6.54 Å². The monoisotopic (exact) mass is 293 g/mol. The van der Waals surface area contributed by atoms with Gasteiger partial charge < -0.3 is 4.74 Å². The molecule has 0 bridgehead atoms. The van der Waals surface area contributed by atoms with Crippen molar-refractivity contribution in [1.82, 2.24) is 20.2 Å². The molecule has 7 nitrogen and oxygen atoms in total. The minimum absolute atomic E-state index is 0.0962. The second-order valence-corrected chi connectivity index (χ2v) is 4.19. The summed E-state index contributed by atoms with van der Waals surface area (Å²) in [6.45, 7) is 3.97. The zero-order valence-corrected chi connectivity index (χ0v) is 11.5. The van der Waals surface area contributed by atoms with Crippen molar-refractivity contribution < 1.29 is 9.53 Å². The summed E-state index contributed by atoms with van der Waals surface area (Å²) in [4.78, 5) is 13.4. The van der Waals surface area contributed by atoms with Crippen LogP contribution in [0.2, 0.25) is 5.02 Å². The van der Waals surface area contributed by atoms with E-state index < -0.39 is 5.91 Å². The van der Waals surface area contributed by atoms with Crippen LogP contribution in [0.3, 0.4) is 0 Å². The zero-order valence-electron chi connectivity index (χ0n) is 10.7. The summed E-state index contributed by atoms with van der Waals surface area (Å²) in [5.41, 5.74) is 0.292. The quantitative estimate of drug-likeness (QED) is 0.850. The Balaban J connectivity index is 2.18. The molecule has 104 valence electrons. The smallest absolute Gasteiger partial charge is 0.270 e. The van der Waals surface area contributed by atoms with E-state index in [4.69, 9.17) is 16.3 Å². The first-order valence-electron chi connectivity index (χ1n) is 5.67. The van der Waals surface area contributed by atoms with E-state index in [0.717, 1.165) is 0 Å². The number of carbonyl (C=O) groups is 1. The van der Waals surface area contributed by atoms with Crippen LogP contribution >= 0.6 is 11.6 Å². The van der Waals surface area contributed by atoms with E-state index in [0.29, 0.717) is 22.9 Å². The SMILES string of the molecule is C=CCn1nnc(NC(=O)c2cc(Cl)ccc2OC)n1. The standard InChI is InChI=1S/C12H12ClN5O2/c1-3-6-18-16-12(15-17-18)14-11(19)9-7-8(13)4-5-10(9)20-2/h3-5,7H,1,6H2,2H3,(H,14,16,19). The van der Waals surface area contributed by atoms with Gasteiger partial charge in [0.2, 0.25) is 0 Å². The first-order chi connectivity index (χ1) is 9.63. The molecule has 0 aliphatic rings. The van der Waals surface area contributed by atoms with Crippen LogP contribution in [0.1, 0.15) is 10.4 Å². The molecule has 2 aromatic rings. The van der Waals surface area contributed by atoms with Crippen LogP contribution in [0.15, 0.2) is 30.9 Å². The third-order valence-electron chi connectivity index (χ3n) is 2.38. The lowest BCUT2D eigenvalue weighted by molar-refractivity contribution is 0.102. The second-order valence-electron chi connectivity index (χ2n) is 3.76. The lowest BCUT2D eigenvalue weighted by Crippen LogP contribution is -2.14. The van der Waals surface area contributed by atoms with E-state index in [-0.39, 0.29) is 5.95 Å². The number of nitrogens with zero attached hydrogens (tertiary/aromatic N) is 4. The fraction of sp³-hybridized carbons (Fsp3) is 0.167. The number of tetrazole rings is 1. The molecule has 8 heteroatoms. The van der Waals surface area contributed by atoms with E-state index in [1.165, 1.54) is 18.0 Å². The van der Waals surface area contributed by atoms with Crippen molar-refractivity contribution in [1.29, 1.82) is 0 Å². The van der Waals surface area contributed by atoms with Gasteiger partial charge in [0.05, 0.1) is 19.2 Å². The van der Waals surface area contributed by atoms with Gasteiger partial charge in [-0.2, -0.15) is 4.80 Å². The Bertz CT molecular complexity index is 641. The maximum absolute atomic E-state index is 12.1. The third-order valence-corrected chi connectivity index (χ3v) is 2.61. The molecule has 20 heavy (non-hydrogen) atoms. The number of rotatable bonds is 5. The van der Waals surface area contributed by atoms with Crippen molar-refractivity contribution in [3.8, 4) is 5.75 Å². The summed E-state index contributed by atoms with van der Waals surface area (Å²) in [5.74, 6) is 0.0757. The predicted octanol–water partition coefficient (Wildman–Crippen LogP) is 1.77. The average Bonchev–Trinajstić information content (AvgIpc) is 2.86. The Morgan fingerprint density at radius 1 is 1.60 bits per heavy atom. The number of methoxy groups -OCH3 is 1. The molecule has 0 aliphatic carbocycles. The van der Waals surface area contributed by atoms with Crippen molar-refractivity contribution >= 4 is 23.5 Å². The van der Waals surface area contributed by atoms with Gasteiger partial charge in [-0.15, -0.1) is 11.7 Å². The van der Waals surface area contributed by atoms with Crippen molar-refractivity contribution in [2.75, 3.05) is 12.4 Å². The Morgan fingerprint density at radius 3 is 3.10 bits per heavy atom. The highest BCUT2D eigenvalue weighted by atomic mass is 35.5. The van der Waals surface area contributed by atoms with Crippen LogP contribution in [0.5, 0.6) is 5.75 Å². The summed E-state index contributed by atoms with van der Waals surface area (Å²) in [6, 6.07) is 4.75. The van der Waals surface area contributed by atoms with E-state index in [9.17, 15) is 4.79 Å². The van der Waals surface area contributed by atoms with E-state index in [1.807, 2.05) is 0 Å². The maximum atomic E-state index is 12.1. The van der Waals surface area contributed by atoms with Crippen molar-refractivity contribution in [2.45, 2.75) is 6.54 Å². The first-order valence-corrected chi connectivity index (χ1v) is 6.05. The molecule has 1 aromatic carbocycles. The van der Waals surface area contributed by atoms with Gasteiger partial charge in [0, 0.05) is 5.02 Å². The molecule has 0 radical (unpaired) electrons. The Labute approximate surface area is 120 Å². The van der Waals surface area contributed by atoms with E-state index >= 15 is 0 Å². The van der Waals surface area contributed by atoms with Crippen LogP contribution in [0.25, 0.3) is 0 Å². The highest BCUT2D eigenvalue weighted by Crippen LogP contribution is 2.23. The average molecular weight is 294 g/mol. The number of hydrogen-bond acceptors (Lipinski definition) is 5. The molecule has 2 rings (SSSR count). The minimum atomic E-state index is -0.428. The number of ether oxygens (including phenoxy) is 1. The number of halogens is 1. The van der Waals surface area contributed by atoms with Gasteiger partial charge in [-0.25, -0.2) is 0 Å². The topological polar surface area (TPSA) is 81.9 Å². The molecule has 0 saturated heterocycles. The number of allylic oxidation sites excluding steroid dienone is 1. The van der Waals surface area contributed by atoms with Crippen molar-refractivity contribution in [2.24, 2.45) is 0 Å². The number of hydrogen-bond donors (Lipinski definition) is 1. The molecule has 0 saturated carbocycles. The second kappa shape index (κ2) is 6.16. The normalized spacial score (nSPS) is 10.1. The number of amides is 1. The molecular weight excluding hydrogens is 282 g/mol. The number of anilines is 1. The lowest BCUT2D eigenvalue weighted by atomic mass is 10.2. The molecule has 0 atom stereocenters. The predicted molar refractivity (Wildman–Crippen MR) is 74.0 cm³/mol. The van der Waals surface area contributed by atoms with E-state index in [2.05, 4.69) is 27.3 Å². The first kappa shape index (κ1) is 14.0. The van der Waals surface area contributed by atoms with Gasteiger partial charge in [0.25, 0.3) is 11.9 Å². The van der Waals surface area contributed by atoms with Crippen LogP contribution in [0.4, 0.5) is 5.95 Å². The molecule has 1 N–H and O–H groups in total. The Morgan fingerprint density at radius 2 is 2.40 bits per heavy atom. The van der Waals surface area contributed by atoms with Gasteiger partial charge in [-0.1, -0.05) is 22.8 Å². The summed E-state index contributed by atoms with van der Waals surface area (Å²) in [6.07, 6.45) is 1.62.